The van der Waals surface area contributed by atoms with E-state index in [2.05, 4.69) is 26.2 Å². The van der Waals surface area contributed by atoms with E-state index in [9.17, 15) is 9.59 Å². The smallest absolute Gasteiger partial charge is 0.249 e. The van der Waals surface area contributed by atoms with E-state index in [0.29, 0.717) is 5.82 Å². The van der Waals surface area contributed by atoms with Crippen molar-refractivity contribution in [1.29, 1.82) is 0 Å². The molecule has 0 bridgehead atoms. The Balaban J connectivity index is 1.86. The molecule has 2 rings (SSSR count). The molecule has 1 fully saturated rings. The second-order valence-electron chi connectivity index (χ2n) is 4.22. The van der Waals surface area contributed by atoms with Crippen molar-refractivity contribution in [2.75, 3.05) is 18.4 Å². The Hall–Kier alpha value is -1.69. The fourth-order valence-corrected chi connectivity index (χ4v) is 2.04. The van der Waals surface area contributed by atoms with Crippen molar-refractivity contribution in [2.24, 2.45) is 0 Å². The number of aromatic nitrogens is 1. The molecule has 19 heavy (non-hydrogen) atoms. The van der Waals surface area contributed by atoms with Crippen molar-refractivity contribution in [3.63, 3.8) is 0 Å². The summed E-state index contributed by atoms with van der Waals surface area (Å²) in [4.78, 5) is 29.0. The highest BCUT2D eigenvalue weighted by atomic mass is 79.9. The Morgan fingerprint density at radius 3 is 2.63 bits per heavy atom. The van der Waals surface area contributed by atoms with Gasteiger partial charge in [-0.3, -0.25) is 9.59 Å². The molecule has 1 aromatic rings. The maximum absolute atomic E-state index is 11.7. The highest BCUT2D eigenvalue weighted by molar-refractivity contribution is 9.10. The van der Waals surface area contributed by atoms with E-state index in [-0.39, 0.29) is 11.8 Å². The molecule has 1 aliphatic rings. The van der Waals surface area contributed by atoms with Crippen LogP contribution in [0.25, 0.3) is 0 Å². The van der Waals surface area contributed by atoms with Crippen LogP contribution in [0.15, 0.2) is 35.0 Å². The Kier molecular flexibility index (Phi) is 4.68. The van der Waals surface area contributed by atoms with Gasteiger partial charge in [-0.25, -0.2) is 4.98 Å². The topological polar surface area (TPSA) is 62.3 Å². The Labute approximate surface area is 119 Å². The average molecular weight is 324 g/mol. The number of carbonyl (C=O) groups excluding carboxylic acids is 2. The van der Waals surface area contributed by atoms with Crippen molar-refractivity contribution >= 4 is 33.6 Å². The number of anilines is 1. The van der Waals surface area contributed by atoms with Crippen molar-refractivity contribution in [3.05, 3.63) is 35.0 Å². The molecule has 2 amide bonds. The Morgan fingerprint density at radius 1 is 1.26 bits per heavy atom. The normalized spacial score (nSPS) is 14.9. The van der Waals surface area contributed by atoms with Gasteiger partial charge in [0, 0.05) is 35.9 Å². The van der Waals surface area contributed by atoms with Crippen molar-refractivity contribution < 1.29 is 9.59 Å². The Bertz CT molecular complexity index is 493. The van der Waals surface area contributed by atoms with Gasteiger partial charge in [0.25, 0.3) is 0 Å². The van der Waals surface area contributed by atoms with Crippen LogP contribution in [0.1, 0.15) is 12.8 Å². The molecule has 0 unspecified atom stereocenters. The van der Waals surface area contributed by atoms with Gasteiger partial charge in [-0.2, -0.15) is 0 Å². The van der Waals surface area contributed by atoms with Crippen LogP contribution in [-0.2, 0) is 9.59 Å². The van der Waals surface area contributed by atoms with Gasteiger partial charge in [0.05, 0.1) is 0 Å². The van der Waals surface area contributed by atoms with E-state index in [1.165, 1.54) is 12.2 Å². The summed E-state index contributed by atoms with van der Waals surface area (Å²) in [6, 6.07) is 3.46. The first kappa shape index (κ1) is 13.7. The minimum absolute atomic E-state index is 0.114. The second kappa shape index (κ2) is 6.47. The van der Waals surface area contributed by atoms with Crippen LogP contribution in [0, 0.1) is 0 Å². The van der Waals surface area contributed by atoms with Gasteiger partial charge in [-0.05, 0) is 40.9 Å². The third-order valence-corrected chi connectivity index (χ3v) is 3.24. The second-order valence-corrected chi connectivity index (χ2v) is 5.13. The number of hydrogen-bond acceptors (Lipinski definition) is 3. The quantitative estimate of drug-likeness (QED) is 0.865. The average Bonchev–Trinajstić information content (AvgIpc) is 2.93. The third-order valence-electron chi connectivity index (χ3n) is 2.77. The highest BCUT2D eigenvalue weighted by Crippen LogP contribution is 2.10. The first-order chi connectivity index (χ1) is 9.15. The van der Waals surface area contributed by atoms with Crippen LogP contribution >= 0.6 is 15.9 Å². The molecule has 5 nitrogen and oxygen atoms in total. The lowest BCUT2D eigenvalue weighted by Crippen LogP contribution is -2.26. The van der Waals surface area contributed by atoms with Gasteiger partial charge in [-0.1, -0.05) is 0 Å². The first-order valence-electron chi connectivity index (χ1n) is 6.05. The van der Waals surface area contributed by atoms with Gasteiger partial charge >= 0.3 is 0 Å². The van der Waals surface area contributed by atoms with Gasteiger partial charge in [0.15, 0.2) is 0 Å². The molecule has 0 aliphatic carbocycles. The van der Waals surface area contributed by atoms with E-state index in [4.69, 9.17) is 0 Å². The predicted molar refractivity (Wildman–Crippen MR) is 75.5 cm³/mol. The van der Waals surface area contributed by atoms with Crippen LogP contribution in [0.2, 0.25) is 0 Å². The van der Waals surface area contributed by atoms with Gasteiger partial charge in [0.2, 0.25) is 11.8 Å². The molecule has 0 atom stereocenters. The summed E-state index contributed by atoms with van der Waals surface area (Å²) in [5.41, 5.74) is 0. The molecule has 0 saturated carbocycles. The van der Waals surface area contributed by atoms with Crippen molar-refractivity contribution in [1.82, 2.24) is 9.88 Å². The molecule has 0 aromatic carbocycles. The summed E-state index contributed by atoms with van der Waals surface area (Å²) in [7, 11) is 0. The van der Waals surface area contributed by atoms with E-state index in [0.717, 1.165) is 30.4 Å². The molecule has 1 aliphatic heterocycles. The number of nitrogens with zero attached hydrogens (tertiary/aromatic N) is 2. The summed E-state index contributed by atoms with van der Waals surface area (Å²) in [5.74, 6) is -0.0229. The molecule has 0 spiro atoms. The number of rotatable bonds is 3. The summed E-state index contributed by atoms with van der Waals surface area (Å²) < 4.78 is 0.838. The largest absolute Gasteiger partial charge is 0.339 e. The molecule has 1 saturated heterocycles. The van der Waals surface area contributed by atoms with E-state index in [1.807, 2.05) is 0 Å². The molecule has 0 radical (unpaired) electrons. The van der Waals surface area contributed by atoms with E-state index >= 15 is 0 Å². The molecule has 1 N–H and O–H groups in total. The molecular weight excluding hydrogens is 310 g/mol. The molecule has 100 valence electrons. The van der Waals surface area contributed by atoms with Crippen LogP contribution in [0.3, 0.4) is 0 Å². The fourth-order valence-electron chi connectivity index (χ4n) is 1.81. The molecule has 2 heterocycles. The number of nitrogens with one attached hydrogen (secondary N) is 1. The number of likely N-dealkylation sites (tertiary alicyclic amines) is 1. The van der Waals surface area contributed by atoms with Crippen molar-refractivity contribution in [3.8, 4) is 0 Å². The minimum Gasteiger partial charge on any atom is -0.339 e. The van der Waals surface area contributed by atoms with Crippen molar-refractivity contribution in [2.45, 2.75) is 12.8 Å². The number of carbonyl (C=O) groups is 2. The number of pyridine rings is 1. The summed E-state index contributed by atoms with van der Waals surface area (Å²) in [6.07, 6.45) is 6.21. The predicted octanol–water partition coefficient (Wildman–Crippen LogP) is 1.96. The van der Waals surface area contributed by atoms with Crippen LogP contribution in [0.4, 0.5) is 5.82 Å². The fraction of sp³-hybridized carbons (Fsp3) is 0.308. The lowest BCUT2D eigenvalue weighted by molar-refractivity contribution is -0.125. The lowest BCUT2D eigenvalue weighted by Gasteiger charge is -2.11. The zero-order valence-corrected chi connectivity index (χ0v) is 11.9. The van der Waals surface area contributed by atoms with Gasteiger partial charge in [-0.15, -0.1) is 0 Å². The van der Waals surface area contributed by atoms with Gasteiger partial charge < -0.3 is 10.2 Å². The molecule has 1 aromatic heterocycles. The number of hydrogen-bond donors (Lipinski definition) is 1. The molecule has 6 heteroatoms. The Morgan fingerprint density at radius 2 is 2.00 bits per heavy atom. The highest BCUT2D eigenvalue weighted by Gasteiger charge is 2.15. The van der Waals surface area contributed by atoms with Crippen LogP contribution in [0.5, 0.6) is 0 Å². The maximum Gasteiger partial charge on any atom is 0.249 e. The standard InChI is InChI=1S/C13H14BrN3O2/c14-10-3-4-11(15-9-10)16-12(18)5-6-13(19)17-7-1-2-8-17/h3-6,9H,1-2,7-8H2,(H,15,16,18)/b6-5-. The zero-order chi connectivity index (χ0) is 13.7. The molecular formula is C13H14BrN3O2. The minimum atomic E-state index is -0.359. The zero-order valence-electron chi connectivity index (χ0n) is 10.3. The summed E-state index contributed by atoms with van der Waals surface area (Å²) >= 11 is 3.26. The van der Waals surface area contributed by atoms with E-state index < -0.39 is 0 Å². The number of halogens is 1. The van der Waals surface area contributed by atoms with Gasteiger partial charge in [0.1, 0.15) is 5.82 Å². The lowest BCUT2D eigenvalue weighted by atomic mass is 10.4. The number of amides is 2. The third kappa shape index (κ3) is 4.17. The summed E-state index contributed by atoms with van der Waals surface area (Å²) in [5, 5.41) is 2.59. The van der Waals surface area contributed by atoms with Crippen LogP contribution in [-0.4, -0.2) is 34.8 Å². The van der Waals surface area contributed by atoms with E-state index in [1.54, 1.807) is 23.2 Å². The summed E-state index contributed by atoms with van der Waals surface area (Å²) in [6.45, 7) is 1.55. The monoisotopic (exact) mass is 323 g/mol. The maximum atomic E-state index is 11.7. The first-order valence-corrected chi connectivity index (χ1v) is 6.84. The SMILES string of the molecule is O=C(/C=C\C(=O)N1CCCC1)Nc1ccc(Br)cn1. The van der Waals surface area contributed by atoms with Crippen LogP contribution < -0.4 is 5.32 Å².